The molecule has 0 saturated carbocycles. The summed E-state index contributed by atoms with van der Waals surface area (Å²) >= 11 is 7.42. The van der Waals surface area contributed by atoms with Crippen LogP contribution < -0.4 is 4.90 Å². The third-order valence-electron chi connectivity index (χ3n) is 5.44. The Bertz CT molecular complexity index is 1100. The van der Waals surface area contributed by atoms with Gasteiger partial charge in [-0.25, -0.2) is 14.8 Å². The highest BCUT2D eigenvalue weighted by atomic mass is 35.5. The van der Waals surface area contributed by atoms with Crippen LogP contribution >= 0.6 is 22.9 Å². The quantitative estimate of drug-likeness (QED) is 0.473. The molecule has 1 aromatic carbocycles. The number of morpholine rings is 1. The molecular formula is C23H27ClN4O3S. The Morgan fingerprint density at radius 2 is 1.97 bits per heavy atom. The molecule has 32 heavy (non-hydrogen) atoms. The molecule has 0 spiro atoms. The van der Waals surface area contributed by atoms with Crippen LogP contribution in [0.15, 0.2) is 24.3 Å². The van der Waals surface area contributed by atoms with Crippen LogP contribution in [-0.4, -0.2) is 60.8 Å². The maximum absolute atomic E-state index is 12.5. The first-order valence-corrected chi connectivity index (χ1v) is 11.9. The first-order valence-electron chi connectivity index (χ1n) is 10.7. The molecule has 1 aliphatic heterocycles. The third kappa shape index (κ3) is 5.04. The first kappa shape index (κ1) is 22.9. The number of nitrogens with zero attached hydrogens (tertiary/aromatic N) is 4. The fourth-order valence-corrected chi connectivity index (χ4v) is 5.01. The Hall–Kier alpha value is -2.26. The second-order valence-electron chi connectivity index (χ2n) is 7.79. The lowest BCUT2D eigenvalue weighted by molar-refractivity contribution is 0.0331. The molecule has 0 radical (unpaired) electrons. The van der Waals surface area contributed by atoms with Gasteiger partial charge in [0.1, 0.15) is 21.3 Å². The van der Waals surface area contributed by atoms with Crippen molar-refractivity contribution in [2.75, 3.05) is 44.9 Å². The van der Waals surface area contributed by atoms with Crippen molar-refractivity contribution in [3.8, 4) is 0 Å². The van der Waals surface area contributed by atoms with Crippen molar-refractivity contribution < 1.29 is 14.3 Å². The minimum absolute atomic E-state index is 0.311. The van der Waals surface area contributed by atoms with E-state index in [1.54, 1.807) is 0 Å². The number of aryl methyl sites for hydroxylation is 1. The highest BCUT2D eigenvalue weighted by Gasteiger charge is 2.24. The van der Waals surface area contributed by atoms with E-state index < -0.39 is 0 Å². The van der Waals surface area contributed by atoms with Crippen molar-refractivity contribution in [3.63, 3.8) is 0 Å². The topological polar surface area (TPSA) is 67.8 Å². The second kappa shape index (κ2) is 10.1. The number of thiophene rings is 1. The van der Waals surface area contributed by atoms with Gasteiger partial charge in [-0.2, -0.15) is 0 Å². The number of rotatable bonds is 7. The number of ether oxygens (including phenoxy) is 2. The van der Waals surface area contributed by atoms with Gasteiger partial charge < -0.3 is 14.4 Å². The number of esters is 1. The van der Waals surface area contributed by atoms with Gasteiger partial charge in [0.2, 0.25) is 0 Å². The molecule has 2 aromatic heterocycles. The van der Waals surface area contributed by atoms with Gasteiger partial charge in [0.15, 0.2) is 0 Å². The van der Waals surface area contributed by atoms with Crippen molar-refractivity contribution in [2.24, 2.45) is 0 Å². The molecule has 9 heteroatoms. The van der Waals surface area contributed by atoms with E-state index in [4.69, 9.17) is 31.0 Å². The molecule has 4 rings (SSSR count). The Balaban J connectivity index is 1.73. The molecule has 7 nitrogen and oxygen atoms in total. The summed E-state index contributed by atoms with van der Waals surface area (Å²) in [4.78, 5) is 28.1. The van der Waals surface area contributed by atoms with Crippen LogP contribution in [0.1, 0.15) is 33.5 Å². The molecule has 0 atom stereocenters. The van der Waals surface area contributed by atoms with E-state index >= 15 is 0 Å². The summed E-state index contributed by atoms with van der Waals surface area (Å²) in [7, 11) is 2.01. The summed E-state index contributed by atoms with van der Waals surface area (Å²) in [6.07, 6.45) is 0. The number of hydrogen-bond donors (Lipinski definition) is 0. The van der Waals surface area contributed by atoms with Gasteiger partial charge in [-0.05, 0) is 37.1 Å². The van der Waals surface area contributed by atoms with Gasteiger partial charge in [-0.15, -0.1) is 11.3 Å². The number of carbonyl (C=O) groups excluding carboxylic acids is 1. The Kier molecular flexibility index (Phi) is 7.25. The molecule has 1 saturated heterocycles. The molecule has 3 aromatic rings. The van der Waals surface area contributed by atoms with Gasteiger partial charge in [0.25, 0.3) is 0 Å². The van der Waals surface area contributed by atoms with Gasteiger partial charge in [0, 0.05) is 31.7 Å². The summed E-state index contributed by atoms with van der Waals surface area (Å²) in [5.41, 5.74) is 1.98. The minimum atomic E-state index is -0.311. The average molecular weight is 475 g/mol. The summed E-state index contributed by atoms with van der Waals surface area (Å²) in [6, 6.07) is 7.80. The van der Waals surface area contributed by atoms with E-state index in [0.29, 0.717) is 29.6 Å². The maximum Gasteiger partial charge on any atom is 0.348 e. The number of anilines is 1. The van der Waals surface area contributed by atoms with Crippen molar-refractivity contribution in [1.29, 1.82) is 0 Å². The van der Waals surface area contributed by atoms with E-state index in [1.165, 1.54) is 11.3 Å². The van der Waals surface area contributed by atoms with Gasteiger partial charge in [0.05, 0.1) is 31.8 Å². The minimum Gasteiger partial charge on any atom is -0.462 e. The summed E-state index contributed by atoms with van der Waals surface area (Å²) in [6.45, 7) is 8.54. The lowest BCUT2D eigenvalue weighted by Crippen LogP contribution is -2.36. The van der Waals surface area contributed by atoms with Crippen LogP contribution in [0.4, 0.5) is 5.82 Å². The van der Waals surface area contributed by atoms with Gasteiger partial charge in [-0.3, -0.25) is 4.90 Å². The average Bonchev–Trinajstić information content (AvgIpc) is 3.12. The zero-order valence-electron chi connectivity index (χ0n) is 18.6. The number of fused-ring (bicyclic) bond motifs is 1. The molecule has 0 amide bonds. The molecule has 0 bridgehead atoms. The van der Waals surface area contributed by atoms with Crippen molar-refractivity contribution >= 4 is 44.9 Å². The van der Waals surface area contributed by atoms with Crippen LogP contribution in [0.3, 0.4) is 0 Å². The lowest BCUT2D eigenvalue weighted by atomic mass is 10.1. The third-order valence-corrected chi connectivity index (χ3v) is 6.86. The van der Waals surface area contributed by atoms with Gasteiger partial charge in [-0.1, -0.05) is 23.7 Å². The van der Waals surface area contributed by atoms with Crippen LogP contribution in [0, 0.1) is 6.92 Å². The monoisotopic (exact) mass is 474 g/mol. The maximum atomic E-state index is 12.5. The molecule has 0 N–H and O–H groups in total. The molecular weight excluding hydrogens is 448 g/mol. The molecule has 0 unspecified atom stereocenters. The van der Waals surface area contributed by atoms with Gasteiger partial charge >= 0.3 is 5.97 Å². The predicted molar refractivity (Wildman–Crippen MR) is 128 cm³/mol. The van der Waals surface area contributed by atoms with Crippen LogP contribution in [-0.2, 0) is 22.6 Å². The number of hydrogen-bond acceptors (Lipinski definition) is 8. The van der Waals surface area contributed by atoms with Crippen molar-refractivity contribution in [3.05, 3.63) is 51.1 Å². The van der Waals surface area contributed by atoms with E-state index in [9.17, 15) is 4.79 Å². The Labute approximate surface area is 196 Å². The molecule has 3 heterocycles. The molecule has 1 fully saturated rings. The van der Waals surface area contributed by atoms with E-state index in [2.05, 4.69) is 9.80 Å². The SMILES string of the molecule is CCOC(=O)c1sc2nc(CN3CCOCC3)nc(N(C)Cc3ccc(Cl)cc3)c2c1C. The smallest absolute Gasteiger partial charge is 0.348 e. The van der Waals surface area contributed by atoms with E-state index in [-0.39, 0.29) is 5.97 Å². The number of benzene rings is 1. The Morgan fingerprint density at radius 1 is 1.25 bits per heavy atom. The standard InChI is InChI=1S/C23H27ClN4O3S/c1-4-31-23(29)20-15(2)19-21(27(3)13-16-5-7-17(24)8-6-16)25-18(26-22(19)32-20)14-28-9-11-30-12-10-28/h5-8H,4,9-14H2,1-3H3. The number of aromatic nitrogens is 2. The second-order valence-corrected chi connectivity index (χ2v) is 9.23. The summed E-state index contributed by atoms with van der Waals surface area (Å²) in [5.74, 6) is 1.25. The lowest BCUT2D eigenvalue weighted by Gasteiger charge is -2.26. The van der Waals surface area contributed by atoms with Crippen LogP contribution in [0.25, 0.3) is 10.2 Å². The van der Waals surface area contributed by atoms with E-state index in [0.717, 1.165) is 59.3 Å². The molecule has 1 aliphatic rings. The zero-order valence-corrected chi connectivity index (χ0v) is 20.1. The Morgan fingerprint density at radius 3 is 2.66 bits per heavy atom. The molecule has 170 valence electrons. The highest BCUT2D eigenvalue weighted by Crippen LogP contribution is 2.36. The number of halogens is 1. The summed E-state index contributed by atoms with van der Waals surface area (Å²) < 4.78 is 10.7. The fraction of sp³-hybridized carbons (Fsp3) is 0.435. The van der Waals surface area contributed by atoms with Crippen molar-refractivity contribution in [1.82, 2.24) is 14.9 Å². The predicted octanol–water partition coefficient (Wildman–Crippen LogP) is 4.30. The first-order chi connectivity index (χ1) is 15.5. The van der Waals surface area contributed by atoms with Crippen molar-refractivity contribution in [2.45, 2.75) is 26.9 Å². The normalized spacial score (nSPS) is 14.6. The summed E-state index contributed by atoms with van der Waals surface area (Å²) in [5, 5.41) is 1.61. The fourth-order valence-electron chi connectivity index (χ4n) is 3.80. The van der Waals surface area contributed by atoms with E-state index in [1.807, 2.05) is 45.2 Å². The largest absolute Gasteiger partial charge is 0.462 e. The molecule has 0 aliphatic carbocycles. The highest BCUT2D eigenvalue weighted by molar-refractivity contribution is 7.20. The van der Waals surface area contributed by atoms with Crippen LogP contribution in [0.2, 0.25) is 5.02 Å². The number of carbonyl (C=O) groups is 1. The van der Waals surface area contributed by atoms with Crippen LogP contribution in [0.5, 0.6) is 0 Å². The zero-order chi connectivity index (χ0) is 22.7.